The Morgan fingerprint density at radius 3 is 2.56 bits per heavy atom. The largest absolute Gasteiger partial charge is 0.379 e. The first-order chi connectivity index (χ1) is 16.6. The maximum atomic E-state index is 6.59. The Morgan fingerprint density at radius 2 is 1.79 bits per heavy atom. The number of fused-ring (bicyclic) bond motifs is 1. The number of aryl methyl sites for hydroxylation is 2. The minimum atomic E-state index is 0.747. The Morgan fingerprint density at radius 1 is 1.03 bits per heavy atom. The van der Waals surface area contributed by atoms with Crippen molar-refractivity contribution < 1.29 is 4.74 Å². The van der Waals surface area contributed by atoms with Crippen LogP contribution in [-0.2, 0) is 17.6 Å². The van der Waals surface area contributed by atoms with Gasteiger partial charge in [-0.3, -0.25) is 10.00 Å². The molecule has 0 bridgehead atoms. The van der Waals surface area contributed by atoms with Gasteiger partial charge in [0, 0.05) is 55.7 Å². The predicted octanol–water partition coefficient (Wildman–Crippen LogP) is 3.47. The number of piperazine rings is 1. The van der Waals surface area contributed by atoms with E-state index in [-0.39, 0.29) is 0 Å². The lowest BCUT2D eigenvalue weighted by molar-refractivity contribution is 0.0374. The number of nitrogens with one attached hydrogen (secondary N) is 1. The maximum Gasteiger partial charge on any atom is 0.186 e. The Hall–Kier alpha value is -2.42. The molecule has 0 aliphatic carbocycles. The molecule has 0 unspecified atom stereocenters. The van der Waals surface area contributed by atoms with Crippen LogP contribution in [0.5, 0.6) is 0 Å². The van der Waals surface area contributed by atoms with Gasteiger partial charge in [-0.2, -0.15) is 5.10 Å². The van der Waals surface area contributed by atoms with Gasteiger partial charge in [-0.25, -0.2) is 9.97 Å². The number of hydrogen-bond acceptors (Lipinski definition) is 7. The lowest BCUT2D eigenvalue weighted by Gasteiger charge is -2.38. The Kier molecular flexibility index (Phi) is 7.18. The third-order valence-corrected chi connectivity index (χ3v) is 7.37. The van der Waals surface area contributed by atoms with Crippen molar-refractivity contribution >= 4 is 34.1 Å². The standard InChI is InChI=1S/C25H34ClN7O/c1-3-21-23-24(30-29-21)27-17-28-25(23)33-9-7-32(8-10-33)22-16-20(26)15-19(18(22)2)5-4-6-31-11-13-34-14-12-31/h15-17H,3-14H2,1-2H3,(H,27,28,29,30). The number of aromatic amines is 1. The summed E-state index contributed by atoms with van der Waals surface area (Å²) in [4.78, 5) is 16.3. The van der Waals surface area contributed by atoms with E-state index in [0.717, 1.165) is 106 Å². The van der Waals surface area contributed by atoms with Crippen LogP contribution in [0.15, 0.2) is 18.5 Å². The third-order valence-electron chi connectivity index (χ3n) is 7.16. The lowest BCUT2D eigenvalue weighted by atomic mass is 10.0. The average Bonchev–Trinajstić information content (AvgIpc) is 3.30. The van der Waals surface area contributed by atoms with E-state index in [2.05, 4.69) is 60.8 Å². The summed E-state index contributed by atoms with van der Waals surface area (Å²) >= 11 is 6.59. The topological polar surface area (TPSA) is 73.4 Å². The molecule has 2 fully saturated rings. The average molecular weight is 484 g/mol. The van der Waals surface area contributed by atoms with Crippen LogP contribution in [-0.4, -0.2) is 84.1 Å². The van der Waals surface area contributed by atoms with Gasteiger partial charge in [0.2, 0.25) is 0 Å². The van der Waals surface area contributed by atoms with Crippen LogP contribution in [0.2, 0.25) is 5.02 Å². The number of morpholine rings is 1. The van der Waals surface area contributed by atoms with Crippen LogP contribution in [0.3, 0.4) is 0 Å². The molecule has 0 saturated carbocycles. The Balaban J connectivity index is 1.26. The minimum Gasteiger partial charge on any atom is -0.379 e. The molecule has 4 heterocycles. The van der Waals surface area contributed by atoms with Crippen LogP contribution >= 0.6 is 11.6 Å². The number of benzene rings is 1. The lowest BCUT2D eigenvalue weighted by Crippen LogP contribution is -2.47. The first-order valence-electron chi connectivity index (χ1n) is 12.4. The first-order valence-corrected chi connectivity index (χ1v) is 12.8. The van der Waals surface area contributed by atoms with E-state index in [1.54, 1.807) is 6.33 Å². The fourth-order valence-electron chi connectivity index (χ4n) is 5.18. The predicted molar refractivity (Wildman–Crippen MR) is 137 cm³/mol. The summed E-state index contributed by atoms with van der Waals surface area (Å²) in [6.45, 7) is 12.9. The van der Waals surface area contributed by atoms with Crippen molar-refractivity contribution in [1.29, 1.82) is 0 Å². The highest BCUT2D eigenvalue weighted by Crippen LogP contribution is 2.31. The molecule has 0 amide bonds. The molecule has 0 radical (unpaired) electrons. The first kappa shape index (κ1) is 23.3. The van der Waals surface area contributed by atoms with Crippen molar-refractivity contribution in [1.82, 2.24) is 25.1 Å². The fraction of sp³-hybridized carbons (Fsp3) is 0.560. The van der Waals surface area contributed by atoms with E-state index >= 15 is 0 Å². The summed E-state index contributed by atoms with van der Waals surface area (Å²) in [6.07, 6.45) is 4.69. The van der Waals surface area contributed by atoms with Crippen LogP contribution in [0.1, 0.15) is 30.2 Å². The molecule has 2 aliphatic heterocycles. The number of anilines is 2. The molecule has 0 spiro atoms. The number of aromatic nitrogens is 4. The third kappa shape index (κ3) is 4.85. The van der Waals surface area contributed by atoms with Crippen molar-refractivity contribution in [2.24, 2.45) is 0 Å². The SMILES string of the molecule is CCc1[nH]nc2ncnc(N3CCN(c4cc(Cl)cc(CCCN5CCOCC5)c4C)CC3)c12. The summed E-state index contributed by atoms with van der Waals surface area (Å²) in [5.74, 6) is 0.988. The number of halogens is 1. The second-order valence-corrected chi connectivity index (χ2v) is 9.63. The monoisotopic (exact) mass is 483 g/mol. The van der Waals surface area contributed by atoms with Gasteiger partial charge in [-0.15, -0.1) is 0 Å². The number of nitrogens with zero attached hydrogens (tertiary/aromatic N) is 6. The van der Waals surface area contributed by atoms with Crippen molar-refractivity contribution in [2.75, 3.05) is 68.8 Å². The van der Waals surface area contributed by atoms with Crippen molar-refractivity contribution in [3.8, 4) is 0 Å². The molecule has 0 atom stereocenters. The summed E-state index contributed by atoms with van der Waals surface area (Å²) in [7, 11) is 0. The second kappa shape index (κ2) is 10.5. The van der Waals surface area contributed by atoms with Gasteiger partial charge >= 0.3 is 0 Å². The molecule has 3 aromatic rings. The maximum absolute atomic E-state index is 6.59. The smallest absolute Gasteiger partial charge is 0.186 e. The highest BCUT2D eigenvalue weighted by molar-refractivity contribution is 6.31. The van der Waals surface area contributed by atoms with Gasteiger partial charge in [0.25, 0.3) is 0 Å². The van der Waals surface area contributed by atoms with E-state index in [1.165, 1.54) is 16.8 Å². The van der Waals surface area contributed by atoms with E-state index in [1.807, 2.05) is 0 Å². The van der Waals surface area contributed by atoms with Gasteiger partial charge in [0.15, 0.2) is 5.65 Å². The molecular formula is C25H34ClN7O. The molecule has 9 heteroatoms. The summed E-state index contributed by atoms with van der Waals surface area (Å²) in [6, 6.07) is 4.28. The zero-order valence-corrected chi connectivity index (χ0v) is 20.9. The van der Waals surface area contributed by atoms with E-state index in [4.69, 9.17) is 16.3 Å². The normalized spacial score (nSPS) is 17.6. The highest BCUT2D eigenvalue weighted by Gasteiger charge is 2.24. The second-order valence-electron chi connectivity index (χ2n) is 9.19. The number of H-pyrrole nitrogens is 1. The zero-order chi connectivity index (χ0) is 23.5. The van der Waals surface area contributed by atoms with Crippen LogP contribution in [0.25, 0.3) is 11.0 Å². The summed E-state index contributed by atoms with van der Waals surface area (Å²) in [5.41, 5.74) is 5.82. The van der Waals surface area contributed by atoms with Gasteiger partial charge in [-0.1, -0.05) is 18.5 Å². The van der Waals surface area contributed by atoms with Crippen molar-refractivity contribution in [3.63, 3.8) is 0 Å². The molecule has 2 aliphatic rings. The summed E-state index contributed by atoms with van der Waals surface area (Å²) < 4.78 is 5.47. The zero-order valence-electron chi connectivity index (χ0n) is 20.2. The van der Waals surface area contributed by atoms with Gasteiger partial charge < -0.3 is 14.5 Å². The highest BCUT2D eigenvalue weighted by atomic mass is 35.5. The van der Waals surface area contributed by atoms with Gasteiger partial charge in [0.1, 0.15) is 12.1 Å². The number of rotatable bonds is 7. The molecule has 182 valence electrons. The minimum absolute atomic E-state index is 0.747. The Labute approximate surface area is 206 Å². The van der Waals surface area contributed by atoms with Gasteiger partial charge in [-0.05, 0) is 56.0 Å². The molecule has 5 rings (SSSR count). The van der Waals surface area contributed by atoms with Crippen LogP contribution in [0.4, 0.5) is 11.5 Å². The van der Waals surface area contributed by atoms with Crippen molar-refractivity contribution in [3.05, 3.63) is 40.3 Å². The summed E-state index contributed by atoms with van der Waals surface area (Å²) in [5, 5.41) is 9.36. The molecule has 1 aromatic carbocycles. The Bertz CT molecular complexity index is 1120. The molecule has 1 N–H and O–H groups in total. The van der Waals surface area contributed by atoms with Crippen molar-refractivity contribution in [2.45, 2.75) is 33.1 Å². The molecule has 8 nitrogen and oxygen atoms in total. The molecule has 2 saturated heterocycles. The van der Waals surface area contributed by atoms with E-state index in [0.29, 0.717) is 0 Å². The molecule has 2 aromatic heterocycles. The number of ether oxygens (including phenoxy) is 1. The van der Waals surface area contributed by atoms with Gasteiger partial charge in [0.05, 0.1) is 18.6 Å². The van der Waals surface area contributed by atoms with Crippen LogP contribution < -0.4 is 9.80 Å². The molecule has 34 heavy (non-hydrogen) atoms. The van der Waals surface area contributed by atoms with E-state index < -0.39 is 0 Å². The van der Waals surface area contributed by atoms with E-state index in [9.17, 15) is 0 Å². The quantitative estimate of drug-likeness (QED) is 0.551. The number of hydrogen-bond donors (Lipinski definition) is 1. The molecular weight excluding hydrogens is 450 g/mol. The van der Waals surface area contributed by atoms with Crippen LogP contribution in [0, 0.1) is 6.92 Å². The fourth-order valence-corrected chi connectivity index (χ4v) is 5.41.